The third-order valence-corrected chi connectivity index (χ3v) is 3.95. The Labute approximate surface area is 121 Å². The highest BCUT2D eigenvalue weighted by molar-refractivity contribution is 6.11. The lowest BCUT2D eigenvalue weighted by Crippen LogP contribution is -2.43. The fourth-order valence-electron chi connectivity index (χ4n) is 2.67. The summed E-state index contributed by atoms with van der Waals surface area (Å²) in [5.74, 6) is -1.32. The van der Waals surface area contributed by atoms with Crippen molar-refractivity contribution in [3.63, 3.8) is 0 Å². The number of carbonyl (C=O) groups excluding carboxylic acids is 1. The van der Waals surface area contributed by atoms with Crippen LogP contribution in [0.4, 0.5) is 5.69 Å². The van der Waals surface area contributed by atoms with Gasteiger partial charge in [0, 0.05) is 24.8 Å². The van der Waals surface area contributed by atoms with E-state index in [0.29, 0.717) is 23.4 Å². The number of carboxylic acids is 1. The van der Waals surface area contributed by atoms with Crippen LogP contribution in [0.2, 0.25) is 0 Å². The van der Waals surface area contributed by atoms with E-state index in [0.717, 1.165) is 5.56 Å². The lowest BCUT2D eigenvalue weighted by Gasteiger charge is -2.22. The Morgan fingerprint density at radius 3 is 2.67 bits per heavy atom. The normalized spacial score (nSPS) is 16.9. The van der Waals surface area contributed by atoms with Gasteiger partial charge in [-0.15, -0.1) is 0 Å². The van der Waals surface area contributed by atoms with Crippen LogP contribution in [0.15, 0.2) is 30.5 Å². The second kappa shape index (κ2) is 4.73. The van der Waals surface area contributed by atoms with Gasteiger partial charge in [0.15, 0.2) is 0 Å². The number of carboxylic acid groups (broad SMARTS) is 1. The molecule has 0 aliphatic carbocycles. The van der Waals surface area contributed by atoms with Crippen LogP contribution in [-0.4, -0.2) is 32.8 Å². The number of rotatable bonds is 2. The van der Waals surface area contributed by atoms with E-state index in [1.54, 1.807) is 30.8 Å². The van der Waals surface area contributed by atoms with Gasteiger partial charge in [-0.2, -0.15) is 5.10 Å². The molecule has 1 N–H and O–H groups in total. The summed E-state index contributed by atoms with van der Waals surface area (Å²) in [6.45, 7) is 1.79. The molecular weight excluding hydrogens is 270 g/mol. The molecule has 1 atom stereocenters. The second-order valence-corrected chi connectivity index (χ2v) is 5.13. The molecule has 6 nitrogen and oxygen atoms in total. The number of aliphatic carboxylic acids is 1. The van der Waals surface area contributed by atoms with E-state index in [1.165, 1.54) is 11.1 Å². The Balaban J connectivity index is 2.08. The maximum Gasteiger partial charge on any atom is 0.327 e. The van der Waals surface area contributed by atoms with Gasteiger partial charge in [0.25, 0.3) is 5.91 Å². The maximum atomic E-state index is 12.8. The van der Waals surface area contributed by atoms with E-state index >= 15 is 0 Å². The zero-order chi connectivity index (χ0) is 15.1. The fourth-order valence-corrected chi connectivity index (χ4v) is 2.67. The van der Waals surface area contributed by atoms with Crippen molar-refractivity contribution in [3.8, 4) is 0 Å². The molecule has 0 fully saturated rings. The highest BCUT2D eigenvalue weighted by Crippen LogP contribution is 2.33. The molecule has 108 valence electrons. The number of aryl methyl sites for hydroxylation is 1. The molecule has 0 radical (unpaired) electrons. The van der Waals surface area contributed by atoms with E-state index in [-0.39, 0.29) is 5.91 Å². The summed E-state index contributed by atoms with van der Waals surface area (Å²) in [7, 11) is 1.75. The summed E-state index contributed by atoms with van der Waals surface area (Å²) in [4.78, 5) is 25.6. The van der Waals surface area contributed by atoms with Crippen molar-refractivity contribution < 1.29 is 14.7 Å². The molecule has 6 heteroatoms. The number of carbonyl (C=O) groups is 2. The summed E-state index contributed by atoms with van der Waals surface area (Å²) in [6, 6.07) is 6.42. The number of aromatic nitrogens is 2. The summed E-state index contributed by atoms with van der Waals surface area (Å²) in [5, 5.41) is 13.5. The molecule has 0 spiro atoms. The van der Waals surface area contributed by atoms with Crippen LogP contribution in [0.1, 0.15) is 21.6 Å². The minimum absolute atomic E-state index is 0.321. The lowest BCUT2D eigenvalue weighted by atomic mass is 10.1. The SMILES string of the molecule is Cc1c(C(=O)N2c3ccccc3C[C@H]2C(=O)O)cnn1C. The highest BCUT2D eigenvalue weighted by Gasteiger charge is 2.39. The second-order valence-electron chi connectivity index (χ2n) is 5.13. The molecule has 2 heterocycles. The first-order valence-electron chi connectivity index (χ1n) is 6.63. The van der Waals surface area contributed by atoms with Crippen LogP contribution in [0.5, 0.6) is 0 Å². The Kier molecular flexibility index (Phi) is 3.01. The number of anilines is 1. The highest BCUT2D eigenvalue weighted by atomic mass is 16.4. The standard InChI is InChI=1S/C15H15N3O3/c1-9-11(8-16-17(9)2)14(19)18-12-6-4-3-5-10(12)7-13(18)15(20)21/h3-6,8,13H,7H2,1-2H3,(H,20,21)/t13-/m0/s1. The number of fused-ring (bicyclic) bond motifs is 1. The van der Waals surface area contributed by atoms with E-state index in [1.807, 2.05) is 12.1 Å². The van der Waals surface area contributed by atoms with E-state index in [4.69, 9.17) is 0 Å². The Morgan fingerprint density at radius 1 is 1.33 bits per heavy atom. The number of amides is 1. The van der Waals surface area contributed by atoms with Gasteiger partial charge in [-0.05, 0) is 18.6 Å². The Hall–Kier alpha value is -2.63. The lowest BCUT2D eigenvalue weighted by molar-refractivity contribution is -0.138. The van der Waals surface area contributed by atoms with E-state index in [9.17, 15) is 14.7 Å². The van der Waals surface area contributed by atoms with Gasteiger partial charge < -0.3 is 5.11 Å². The van der Waals surface area contributed by atoms with E-state index in [2.05, 4.69) is 5.10 Å². The summed E-state index contributed by atoms with van der Waals surface area (Å²) >= 11 is 0. The van der Waals surface area contributed by atoms with Crippen LogP contribution in [-0.2, 0) is 18.3 Å². The van der Waals surface area contributed by atoms with Crippen molar-refractivity contribution in [2.75, 3.05) is 4.90 Å². The number of nitrogens with zero attached hydrogens (tertiary/aromatic N) is 3. The van der Waals surface area contributed by atoms with Gasteiger partial charge in [0.2, 0.25) is 0 Å². The summed E-state index contributed by atoms with van der Waals surface area (Å²) in [6.07, 6.45) is 1.81. The monoisotopic (exact) mass is 285 g/mol. The molecule has 21 heavy (non-hydrogen) atoms. The van der Waals surface area contributed by atoms with Crippen molar-refractivity contribution >= 4 is 17.6 Å². The van der Waals surface area contributed by atoms with Crippen molar-refractivity contribution in [2.45, 2.75) is 19.4 Å². The molecule has 1 aromatic carbocycles. The first-order chi connectivity index (χ1) is 10.0. The topological polar surface area (TPSA) is 75.4 Å². The zero-order valence-electron chi connectivity index (χ0n) is 11.8. The molecule has 0 saturated carbocycles. The largest absolute Gasteiger partial charge is 0.480 e. The number of hydrogen-bond acceptors (Lipinski definition) is 3. The summed E-state index contributed by atoms with van der Waals surface area (Å²) < 4.78 is 1.60. The summed E-state index contributed by atoms with van der Waals surface area (Å²) in [5.41, 5.74) is 2.69. The van der Waals surface area contributed by atoms with Gasteiger partial charge in [0.05, 0.1) is 11.8 Å². The van der Waals surface area contributed by atoms with Gasteiger partial charge in [-0.1, -0.05) is 18.2 Å². The molecule has 1 aliphatic rings. The molecule has 2 aromatic rings. The quantitative estimate of drug-likeness (QED) is 0.904. The van der Waals surface area contributed by atoms with Crippen molar-refractivity contribution in [3.05, 3.63) is 47.3 Å². The van der Waals surface area contributed by atoms with Gasteiger partial charge >= 0.3 is 5.97 Å². The van der Waals surface area contributed by atoms with Crippen LogP contribution in [0.3, 0.4) is 0 Å². The molecule has 1 amide bonds. The van der Waals surface area contributed by atoms with Crippen LogP contribution >= 0.6 is 0 Å². The van der Waals surface area contributed by atoms with Crippen LogP contribution < -0.4 is 4.90 Å². The van der Waals surface area contributed by atoms with Crippen molar-refractivity contribution in [1.82, 2.24) is 9.78 Å². The van der Waals surface area contributed by atoms with Gasteiger partial charge in [-0.25, -0.2) is 4.79 Å². The van der Waals surface area contributed by atoms with Crippen LogP contribution in [0, 0.1) is 6.92 Å². The third kappa shape index (κ3) is 1.99. The Morgan fingerprint density at radius 2 is 2.05 bits per heavy atom. The Bertz CT molecular complexity index is 736. The number of para-hydroxylation sites is 1. The smallest absolute Gasteiger partial charge is 0.327 e. The molecule has 0 bridgehead atoms. The molecule has 1 aliphatic heterocycles. The first kappa shape index (κ1) is 13.4. The van der Waals surface area contributed by atoms with Crippen LogP contribution in [0.25, 0.3) is 0 Å². The van der Waals surface area contributed by atoms with E-state index < -0.39 is 12.0 Å². The number of benzene rings is 1. The van der Waals surface area contributed by atoms with Gasteiger partial charge in [0.1, 0.15) is 6.04 Å². The first-order valence-corrected chi connectivity index (χ1v) is 6.63. The number of hydrogen-bond donors (Lipinski definition) is 1. The van der Waals surface area contributed by atoms with Crippen molar-refractivity contribution in [1.29, 1.82) is 0 Å². The van der Waals surface area contributed by atoms with Crippen molar-refractivity contribution in [2.24, 2.45) is 7.05 Å². The molecule has 3 rings (SSSR count). The predicted molar refractivity (Wildman–Crippen MR) is 76.3 cm³/mol. The fraction of sp³-hybridized carbons (Fsp3) is 0.267. The third-order valence-electron chi connectivity index (χ3n) is 3.95. The molecule has 0 unspecified atom stereocenters. The average Bonchev–Trinajstić information content (AvgIpc) is 3.00. The molecule has 0 saturated heterocycles. The zero-order valence-corrected chi connectivity index (χ0v) is 11.8. The molecular formula is C15H15N3O3. The minimum atomic E-state index is -0.999. The minimum Gasteiger partial charge on any atom is -0.480 e. The maximum absolute atomic E-state index is 12.8. The average molecular weight is 285 g/mol. The van der Waals surface area contributed by atoms with Gasteiger partial charge in [-0.3, -0.25) is 14.4 Å². The predicted octanol–water partition coefficient (Wildman–Crippen LogP) is 1.38. The molecule has 1 aromatic heterocycles.